The van der Waals surface area contributed by atoms with Gasteiger partial charge in [0.15, 0.2) is 11.6 Å². The molecule has 1 aromatic heterocycles. The molecule has 0 radical (unpaired) electrons. The van der Waals surface area contributed by atoms with Crippen molar-refractivity contribution in [1.82, 2.24) is 9.97 Å². The molecule has 14 heavy (non-hydrogen) atoms. The van der Waals surface area contributed by atoms with Gasteiger partial charge in [0.2, 0.25) is 0 Å². The number of hydrogen-bond acceptors (Lipinski definition) is 1. The number of fused-ring (bicyclic) bond motifs is 1. The van der Waals surface area contributed by atoms with Crippen molar-refractivity contribution in [3.63, 3.8) is 0 Å². The van der Waals surface area contributed by atoms with Crippen LogP contribution in [0.5, 0.6) is 0 Å². The fourth-order valence-corrected chi connectivity index (χ4v) is 1.32. The van der Waals surface area contributed by atoms with Crippen LogP contribution in [0.2, 0.25) is 0 Å². The van der Waals surface area contributed by atoms with Crippen LogP contribution in [0.15, 0.2) is 12.1 Å². The number of rotatable bonds is 1. The summed E-state index contributed by atoms with van der Waals surface area (Å²) in [5, 5.41) is -0.312. The maximum Gasteiger partial charge on any atom is 0.161 e. The molecule has 1 heterocycles. The predicted molar refractivity (Wildman–Crippen MR) is 50.3 cm³/mol. The average Bonchev–Trinajstić information content (AvgIpc) is 2.48. The Morgan fingerprint density at radius 2 is 2.00 bits per heavy atom. The Morgan fingerprint density at radius 3 is 2.64 bits per heavy atom. The van der Waals surface area contributed by atoms with E-state index in [0.29, 0.717) is 16.9 Å². The smallest absolute Gasteiger partial charge is 0.161 e. The van der Waals surface area contributed by atoms with Crippen molar-refractivity contribution in [2.24, 2.45) is 0 Å². The lowest BCUT2D eigenvalue weighted by Gasteiger charge is -1.93. The highest BCUT2D eigenvalue weighted by Crippen LogP contribution is 2.21. The Labute approximate surface area is 83.9 Å². The van der Waals surface area contributed by atoms with Crippen LogP contribution in [0.1, 0.15) is 18.1 Å². The van der Waals surface area contributed by atoms with E-state index < -0.39 is 11.6 Å². The molecule has 1 aromatic carbocycles. The lowest BCUT2D eigenvalue weighted by molar-refractivity contribution is 0.510. The van der Waals surface area contributed by atoms with E-state index in [2.05, 4.69) is 9.97 Å². The molecule has 0 fully saturated rings. The summed E-state index contributed by atoms with van der Waals surface area (Å²) in [6.45, 7) is 1.73. The van der Waals surface area contributed by atoms with E-state index >= 15 is 0 Å². The highest BCUT2D eigenvalue weighted by Gasteiger charge is 2.10. The Bertz CT molecular complexity index is 440. The van der Waals surface area contributed by atoms with Crippen LogP contribution in [0.4, 0.5) is 8.78 Å². The maximum atomic E-state index is 12.8. The SMILES string of the molecule is CC(Cl)c1nc2cc(F)c(F)cc2[nH]1. The van der Waals surface area contributed by atoms with E-state index in [4.69, 9.17) is 11.6 Å². The summed E-state index contributed by atoms with van der Waals surface area (Å²) in [5.41, 5.74) is 0.831. The van der Waals surface area contributed by atoms with Crippen LogP contribution >= 0.6 is 11.6 Å². The number of H-pyrrole nitrogens is 1. The third-order valence-electron chi connectivity index (χ3n) is 1.92. The molecule has 2 rings (SSSR count). The largest absolute Gasteiger partial charge is 0.341 e. The number of halogens is 3. The molecule has 1 unspecified atom stereocenters. The predicted octanol–water partition coefficient (Wildman–Crippen LogP) is 3.14. The maximum absolute atomic E-state index is 12.8. The third kappa shape index (κ3) is 1.46. The molecule has 5 heteroatoms. The number of hydrogen-bond donors (Lipinski definition) is 1. The minimum absolute atomic E-state index is 0.312. The molecule has 74 valence electrons. The van der Waals surface area contributed by atoms with Crippen molar-refractivity contribution in [3.8, 4) is 0 Å². The van der Waals surface area contributed by atoms with Gasteiger partial charge in [0, 0.05) is 12.1 Å². The number of alkyl halides is 1. The van der Waals surface area contributed by atoms with E-state index in [1.165, 1.54) is 0 Å². The number of benzene rings is 1. The molecule has 0 aliphatic rings. The van der Waals surface area contributed by atoms with Crippen LogP contribution in [0.3, 0.4) is 0 Å². The van der Waals surface area contributed by atoms with Gasteiger partial charge in [-0.05, 0) is 6.92 Å². The van der Waals surface area contributed by atoms with Gasteiger partial charge >= 0.3 is 0 Å². The van der Waals surface area contributed by atoms with E-state index in [9.17, 15) is 8.78 Å². The van der Waals surface area contributed by atoms with Gasteiger partial charge in [0.05, 0.1) is 16.4 Å². The van der Waals surface area contributed by atoms with Gasteiger partial charge in [-0.1, -0.05) is 0 Å². The van der Waals surface area contributed by atoms with Gasteiger partial charge in [-0.25, -0.2) is 13.8 Å². The first-order chi connectivity index (χ1) is 6.58. The summed E-state index contributed by atoms with van der Waals surface area (Å²) in [6, 6.07) is 2.12. The van der Waals surface area contributed by atoms with Crippen molar-refractivity contribution in [2.75, 3.05) is 0 Å². The number of imidazole rings is 1. The molecule has 2 aromatic rings. The Morgan fingerprint density at radius 1 is 1.36 bits per heavy atom. The van der Waals surface area contributed by atoms with Crippen LogP contribution < -0.4 is 0 Å². The first kappa shape index (κ1) is 9.40. The highest BCUT2D eigenvalue weighted by molar-refractivity contribution is 6.20. The molecule has 1 atom stereocenters. The topological polar surface area (TPSA) is 28.7 Å². The minimum atomic E-state index is -0.905. The summed E-state index contributed by atoms with van der Waals surface area (Å²) in [6.07, 6.45) is 0. The summed E-state index contributed by atoms with van der Waals surface area (Å²) in [4.78, 5) is 6.83. The number of aromatic amines is 1. The van der Waals surface area contributed by atoms with Crippen molar-refractivity contribution >= 4 is 22.6 Å². The monoisotopic (exact) mass is 216 g/mol. The Kier molecular flexibility index (Phi) is 2.15. The molecule has 0 saturated carbocycles. The van der Waals surface area contributed by atoms with E-state index in [1.807, 2.05) is 0 Å². The third-order valence-corrected chi connectivity index (χ3v) is 2.13. The molecule has 0 spiro atoms. The summed E-state index contributed by atoms with van der Waals surface area (Å²) in [7, 11) is 0. The molecule has 0 bridgehead atoms. The van der Waals surface area contributed by atoms with Gasteiger partial charge in [-0.2, -0.15) is 0 Å². The standard InChI is InChI=1S/C9H7ClF2N2/c1-4(10)9-13-7-2-5(11)6(12)3-8(7)14-9/h2-4H,1H3,(H,13,14). The Balaban J connectivity index is 2.66. The lowest BCUT2D eigenvalue weighted by atomic mass is 10.3. The zero-order valence-electron chi connectivity index (χ0n) is 7.31. The lowest BCUT2D eigenvalue weighted by Crippen LogP contribution is -1.85. The molecule has 1 N–H and O–H groups in total. The quantitative estimate of drug-likeness (QED) is 0.729. The van der Waals surface area contributed by atoms with Gasteiger partial charge in [-0.15, -0.1) is 11.6 Å². The van der Waals surface area contributed by atoms with Crippen LogP contribution in [-0.4, -0.2) is 9.97 Å². The number of nitrogens with one attached hydrogen (secondary N) is 1. The van der Waals surface area contributed by atoms with E-state index in [1.54, 1.807) is 6.92 Å². The van der Waals surface area contributed by atoms with Gasteiger partial charge in [0.1, 0.15) is 5.82 Å². The normalized spacial score (nSPS) is 13.4. The molecule has 0 aliphatic carbocycles. The molecule has 0 saturated heterocycles. The van der Waals surface area contributed by atoms with E-state index in [-0.39, 0.29) is 5.38 Å². The second kappa shape index (κ2) is 3.20. The van der Waals surface area contributed by atoms with Crippen molar-refractivity contribution in [3.05, 3.63) is 29.6 Å². The fraction of sp³-hybridized carbons (Fsp3) is 0.222. The van der Waals surface area contributed by atoms with Crippen LogP contribution in [0.25, 0.3) is 11.0 Å². The molecule has 0 amide bonds. The van der Waals surface area contributed by atoms with Crippen molar-refractivity contribution in [2.45, 2.75) is 12.3 Å². The summed E-state index contributed by atoms with van der Waals surface area (Å²) < 4.78 is 25.6. The minimum Gasteiger partial charge on any atom is -0.341 e. The average molecular weight is 217 g/mol. The molecular weight excluding hydrogens is 210 g/mol. The molecule has 2 nitrogen and oxygen atoms in total. The van der Waals surface area contributed by atoms with Crippen molar-refractivity contribution < 1.29 is 8.78 Å². The first-order valence-corrected chi connectivity index (χ1v) is 4.50. The molecule has 0 aliphatic heterocycles. The molecular formula is C9H7ClF2N2. The first-order valence-electron chi connectivity index (χ1n) is 4.06. The summed E-state index contributed by atoms with van der Waals surface area (Å²) >= 11 is 5.77. The number of aromatic nitrogens is 2. The number of nitrogens with zero attached hydrogens (tertiary/aromatic N) is 1. The Hall–Kier alpha value is -1.16. The van der Waals surface area contributed by atoms with Crippen LogP contribution in [-0.2, 0) is 0 Å². The van der Waals surface area contributed by atoms with Gasteiger partial charge in [-0.3, -0.25) is 0 Å². The second-order valence-electron chi connectivity index (χ2n) is 3.02. The fourth-order valence-electron chi connectivity index (χ4n) is 1.21. The van der Waals surface area contributed by atoms with Crippen molar-refractivity contribution in [1.29, 1.82) is 0 Å². The van der Waals surface area contributed by atoms with Gasteiger partial charge in [0.25, 0.3) is 0 Å². The zero-order valence-corrected chi connectivity index (χ0v) is 8.07. The van der Waals surface area contributed by atoms with Gasteiger partial charge < -0.3 is 4.98 Å². The van der Waals surface area contributed by atoms with E-state index in [0.717, 1.165) is 12.1 Å². The zero-order chi connectivity index (χ0) is 10.3. The second-order valence-corrected chi connectivity index (χ2v) is 3.68. The highest BCUT2D eigenvalue weighted by atomic mass is 35.5. The van der Waals surface area contributed by atoms with Crippen LogP contribution in [0, 0.1) is 11.6 Å². The summed E-state index contributed by atoms with van der Waals surface area (Å²) in [5.74, 6) is -1.29.